The van der Waals surface area contributed by atoms with Crippen LogP contribution in [0.1, 0.15) is 23.9 Å². The average Bonchev–Trinajstić information content (AvgIpc) is 2.10. The minimum Gasteiger partial charge on any atom is -0.361 e. The monoisotopic (exact) mass is 138 g/mol. The van der Waals surface area contributed by atoms with Gasteiger partial charge in [0.05, 0.1) is 6.04 Å². The smallest absolute Gasteiger partial charge is 0.133 e. The first-order valence-electron chi connectivity index (χ1n) is 3.53. The van der Waals surface area contributed by atoms with Crippen molar-refractivity contribution in [3.63, 3.8) is 0 Å². The van der Waals surface area contributed by atoms with Crippen LogP contribution in [0.3, 0.4) is 0 Å². The molecule has 0 spiro atoms. The van der Waals surface area contributed by atoms with Crippen molar-refractivity contribution < 1.29 is 4.52 Å². The van der Waals surface area contributed by atoms with Gasteiger partial charge in [0.1, 0.15) is 11.5 Å². The molecule has 1 N–H and O–H groups in total. The first-order valence-corrected chi connectivity index (χ1v) is 3.53. The number of nitrogens with one attached hydrogen (secondary N) is 1. The van der Waals surface area contributed by atoms with Crippen LogP contribution in [0.15, 0.2) is 10.6 Å². The van der Waals surface area contributed by atoms with E-state index < -0.39 is 0 Å². The van der Waals surface area contributed by atoms with Crippen LogP contribution in [-0.2, 0) is 0 Å². The van der Waals surface area contributed by atoms with Crippen molar-refractivity contribution in [1.29, 1.82) is 0 Å². The van der Waals surface area contributed by atoms with Crippen LogP contribution in [-0.4, -0.2) is 11.7 Å². The van der Waals surface area contributed by atoms with Crippen LogP contribution in [0.5, 0.6) is 0 Å². The molecule has 0 aromatic carbocycles. The summed E-state index contributed by atoms with van der Waals surface area (Å²) in [5.74, 6) is 0.892. The molecular formula is C7H10N2O. The molecule has 1 atom stereocenters. The van der Waals surface area contributed by atoms with Crippen molar-refractivity contribution in [3.8, 4) is 0 Å². The highest BCUT2D eigenvalue weighted by Gasteiger charge is 2.21. The molecule has 0 radical (unpaired) electrons. The Morgan fingerprint density at radius 1 is 1.80 bits per heavy atom. The predicted octanol–water partition coefficient (Wildman–Crippen LogP) is 1.02. The molecule has 54 valence electrons. The Bertz CT molecular complexity index is 227. The predicted molar refractivity (Wildman–Crippen MR) is 36.6 cm³/mol. The lowest BCUT2D eigenvalue weighted by Gasteiger charge is -2.24. The molecule has 2 rings (SSSR count). The number of aryl methyl sites for hydroxylation is 1. The number of hydrogen-bond donors (Lipinski definition) is 1. The maximum Gasteiger partial charge on any atom is 0.133 e. The lowest BCUT2D eigenvalue weighted by Crippen LogP contribution is -2.35. The van der Waals surface area contributed by atoms with Gasteiger partial charge < -0.3 is 9.84 Å². The number of rotatable bonds is 1. The van der Waals surface area contributed by atoms with Gasteiger partial charge in [0.25, 0.3) is 0 Å². The fourth-order valence-electron chi connectivity index (χ4n) is 1.09. The van der Waals surface area contributed by atoms with Crippen molar-refractivity contribution in [2.45, 2.75) is 19.4 Å². The molecule has 3 heteroatoms. The zero-order chi connectivity index (χ0) is 6.97. The van der Waals surface area contributed by atoms with Gasteiger partial charge in [0.2, 0.25) is 0 Å². The summed E-state index contributed by atoms with van der Waals surface area (Å²) in [6.07, 6.45) is 1.19. The fraction of sp³-hybridized carbons (Fsp3) is 0.571. The highest BCUT2D eigenvalue weighted by molar-refractivity contribution is 5.10. The second-order valence-electron chi connectivity index (χ2n) is 2.66. The van der Waals surface area contributed by atoms with Crippen molar-refractivity contribution in [1.82, 2.24) is 10.5 Å². The molecule has 1 aromatic heterocycles. The van der Waals surface area contributed by atoms with Crippen molar-refractivity contribution in [2.75, 3.05) is 6.54 Å². The van der Waals surface area contributed by atoms with E-state index in [1.807, 2.05) is 13.0 Å². The standard InChI is InChI=1S/C7H10N2O/c1-5-4-7(9-10-5)6-2-3-8-6/h4,6,8H,2-3H2,1H3. The first kappa shape index (κ1) is 5.92. The maximum absolute atomic E-state index is 4.93. The average molecular weight is 138 g/mol. The zero-order valence-corrected chi connectivity index (χ0v) is 5.92. The molecule has 0 bridgehead atoms. The van der Waals surface area contributed by atoms with Crippen LogP contribution in [0.2, 0.25) is 0 Å². The third-order valence-corrected chi connectivity index (χ3v) is 1.83. The van der Waals surface area contributed by atoms with Crippen LogP contribution in [0.25, 0.3) is 0 Å². The topological polar surface area (TPSA) is 38.1 Å². The summed E-state index contributed by atoms with van der Waals surface area (Å²) in [6, 6.07) is 2.44. The molecule has 10 heavy (non-hydrogen) atoms. The Morgan fingerprint density at radius 3 is 3.00 bits per heavy atom. The Labute approximate surface area is 59.4 Å². The lowest BCUT2D eigenvalue weighted by molar-refractivity contribution is 0.336. The van der Waals surface area contributed by atoms with E-state index in [9.17, 15) is 0 Å². The minimum atomic E-state index is 0.456. The van der Waals surface area contributed by atoms with Crippen molar-refractivity contribution in [3.05, 3.63) is 17.5 Å². The van der Waals surface area contributed by atoms with Gasteiger partial charge >= 0.3 is 0 Å². The van der Waals surface area contributed by atoms with Crippen LogP contribution < -0.4 is 5.32 Å². The molecule has 3 nitrogen and oxygen atoms in total. The minimum absolute atomic E-state index is 0.456. The summed E-state index contributed by atoms with van der Waals surface area (Å²) < 4.78 is 4.93. The molecule has 1 aromatic rings. The maximum atomic E-state index is 4.93. The number of hydrogen-bond acceptors (Lipinski definition) is 3. The summed E-state index contributed by atoms with van der Waals surface area (Å²) in [6.45, 7) is 3.02. The summed E-state index contributed by atoms with van der Waals surface area (Å²) in [5, 5.41) is 7.15. The summed E-state index contributed by atoms with van der Waals surface area (Å²) >= 11 is 0. The van der Waals surface area contributed by atoms with E-state index in [0.29, 0.717) is 6.04 Å². The van der Waals surface area contributed by atoms with E-state index in [-0.39, 0.29) is 0 Å². The Balaban J connectivity index is 2.17. The van der Waals surface area contributed by atoms with Crippen LogP contribution in [0, 0.1) is 6.92 Å². The Hall–Kier alpha value is -0.830. The van der Waals surface area contributed by atoms with E-state index in [2.05, 4.69) is 10.5 Å². The highest BCUT2D eigenvalue weighted by atomic mass is 16.5. The van der Waals surface area contributed by atoms with E-state index in [0.717, 1.165) is 18.0 Å². The zero-order valence-electron chi connectivity index (χ0n) is 5.92. The molecule has 0 saturated carbocycles. The normalized spacial score (nSPS) is 24.3. The molecule has 1 saturated heterocycles. The highest BCUT2D eigenvalue weighted by Crippen LogP contribution is 2.21. The van der Waals surface area contributed by atoms with Gasteiger partial charge in [0, 0.05) is 6.07 Å². The van der Waals surface area contributed by atoms with Gasteiger partial charge in [-0.15, -0.1) is 0 Å². The largest absolute Gasteiger partial charge is 0.361 e. The van der Waals surface area contributed by atoms with Crippen molar-refractivity contribution >= 4 is 0 Å². The molecule has 0 aliphatic carbocycles. The van der Waals surface area contributed by atoms with E-state index in [1.165, 1.54) is 6.42 Å². The quantitative estimate of drug-likeness (QED) is 0.629. The van der Waals surface area contributed by atoms with Gasteiger partial charge in [-0.3, -0.25) is 0 Å². The molecule has 0 amide bonds. The van der Waals surface area contributed by atoms with Gasteiger partial charge in [0.15, 0.2) is 0 Å². The second-order valence-corrected chi connectivity index (χ2v) is 2.66. The first-order chi connectivity index (χ1) is 4.86. The Kier molecular flexibility index (Phi) is 1.24. The van der Waals surface area contributed by atoms with Crippen molar-refractivity contribution in [2.24, 2.45) is 0 Å². The van der Waals surface area contributed by atoms with E-state index in [1.54, 1.807) is 0 Å². The van der Waals surface area contributed by atoms with Gasteiger partial charge in [-0.25, -0.2) is 0 Å². The molecular weight excluding hydrogens is 128 g/mol. The summed E-state index contributed by atoms with van der Waals surface area (Å²) in [5.41, 5.74) is 1.05. The molecule has 1 unspecified atom stereocenters. The molecule has 2 heterocycles. The van der Waals surface area contributed by atoms with E-state index in [4.69, 9.17) is 4.52 Å². The lowest BCUT2D eigenvalue weighted by atomic mass is 10.0. The Morgan fingerprint density at radius 2 is 2.60 bits per heavy atom. The molecule has 1 aliphatic rings. The third-order valence-electron chi connectivity index (χ3n) is 1.83. The van der Waals surface area contributed by atoms with Crippen LogP contribution in [0.4, 0.5) is 0 Å². The molecule has 1 aliphatic heterocycles. The summed E-state index contributed by atoms with van der Waals surface area (Å²) in [4.78, 5) is 0. The second kappa shape index (κ2) is 2.09. The fourth-order valence-corrected chi connectivity index (χ4v) is 1.09. The summed E-state index contributed by atoms with van der Waals surface area (Å²) in [7, 11) is 0. The number of aromatic nitrogens is 1. The molecule has 1 fully saturated rings. The SMILES string of the molecule is Cc1cc(C2CCN2)no1. The van der Waals surface area contributed by atoms with Gasteiger partial charge in [-0.2, -0.15) is 0 Å². The number of nitrogens with zero attached hydrogens (tertiary/aromatic N) is 1. The van der Waals surface area contributed by atoms with Gasteiger partial charge in [-0.05, 0) is 19.9 Å². The van der Waals surface area contributed by atoms with Gasteiger partial charge in [-0.1, -0.05) is 5.16 Å². The van der Waals surface area contributed by atoms with E-state index >= 15 is 0 Å². The van der Waals surface area contributed by atoms with Crippen LogP contribution >= 0.6 is 0 Å². The third kappa shape index (κ3) is 0.827.